The Kier molecular flexibility index (Phi) is 3.47. The molecule has 0 N–H and O–H groups in total. The maximum atomic E-state index is 4.14. The lowest BCUT2D eigenvalue weighted by Gasteiger charge is -2.26. The van der Waals surface area contributed by atoms with E-state index in [1.165, 1.54) is 18.4 Å². The van der Waals surface area contributed by atoms with Crippen LogP contribution < -0.4 is 0 Å². The van der Waals surface area contributed by atoms with Crippen molar-refractivity contribution in [1.29, 1.82) is 0 Å². The molecule has 0 aromatic carbocycles. The van der Waals surface area contributed by atoms with Gasteiger partial charge in [0, 0.05) is 12.4 Å². The van der Waals surface area contributed by atoms with Crippen LogP contribution in [0, 0.1) is 5.41 Å². The Morgan fingerprint density at radius 2 is 2.00 bits per heavy atom. The van der Waals surface area contributed by atoms with Gasteiger partial charge in [0.15, 0.2) is 0 Å². The number of aromatic nitrogens is 1. The zero-order valence-electron chi connectivity index (χ0n) is 8.88. The molecule has 1 nitrogen and oxygen atoms in total. The van der Waals surface area contributed by atoms with Crippen molar-refractivity contribution in [3.05, 3.63) is 30.1 Å². The molecule has 0 spiro atoms. The zero-order valence-corrected chi connectivity index (χ0v) is 8.88. The standard InChI is InChI=1S/C12H19N/c1-4-12(3,5-2)9-11-7-6-8-13-10-11/h6-8,10H,4-5,9H2,1-3H3. The smallest absolute Gasteiger partial charge is 0.0300 e. The summed E-state index contributed by atoms with van der Waals surface area (Å²) in [6.07, 6.45) is 7.42. The second-order valence-electron chi connectivity index (χ2n) is 4.06. The molecule has 0 amide bonds. The van der Waals surface area contributed by atoms with Gasteiger partial charge in [-0.15, -0.1) is 0 Å². The SMILES string of the molecule is CCC(C)(CC)Cc1cccnc1. The van der Waals surface area contributed by atoms with Crippen molar-refractivity contribution in [3.63, 3.8) is 0 Å². The molecule has 13 heavy (non-hydrogen) atoms. The lowest BCUT2D eigenvalue weighted by atomic mass is 9.79. The summed E-state index contributed by atoms with van der Waals surface area (Å²) in [7, 11) is 0. The van der Waals surface area contributed by atoms with Crippen LogP contribution in [0.4, 0.5) is 0 Å². The van der Waals surface area contributed by atoms with Crippen molar-refractivity contribution in [1.82, 2.24) is 4.98 Å². The summed E-state index contributed by atoms with van der Waals surface area (Å²) >= 11 is 0. The lowest BCUT2D eigenvalue weighted by Crippen LogP contribution is -2.17. The monoisotopic (exact) mass is 177 g/mol. The van der Waals surface area contributed by atoms with Gasteiger partial charge >= 0.3 is 0 Å². The molecule has 1 aromatic rings. The second-order valence-corrected chi connectivity index (χ2v) is 4.06. The molecule has 72 valence electrons. The van der Waals surface area contributed by atoms with Crippen molar-refractivity contribution in [2.75, 3.05) is 0 Å². The van der Waals surface area contributed by atoms with E-state index in [9.17, 15) is 0 Å². The van der Waals surface area contributed by atoms with Crippen molar-refractivity contribution >= 4 is 0 Å². The number of hydrogen-bond acceptors (Lipinski definition) is 1. The van der Waals surface area contributed by atoms with E-state index in [1.54, 1.807) is 0 Å². The van der Waals surface area contributed by atoms with Gasteiger partial charge in [-0.3, -0.25) is 4.98 Å². The Morgan fingerprint density at radius 1 is 1.31 bits per heavy atom. The van der Waals surface area contributed by atoms with Gasteiger partial charge in [-0.05, 0) is 23.5 Å². The largest absolute Gasteiger partial charge is 0.264 e. The molecule has 0 saturated carbocycles. The highest BCUT2D eigenvalue weighted by molar-refractivity contribution is 5.10. The first kappa shape index (κ1) is 10.2. The van der Waals surface area contributed by atoms with Gasteiger partial charge in [0.25, 0.3) is 0 Å². The summed E-state index contributed by atoms with van der Waals surface area (Å²) in [5, 5.41) is 0. The number of pyridine rings is 1. The minimum absolute atomic E-state index is 0.447. The number of rotatable bonds is 4. The van der Waals surface area contributed by atoms with Crippen LogP contribution in [0.2, 0.25) is 0 Å². The van der Waals surface area contributed by atoms with Crippen LogP contribution in [0.5, 0.6) is 0 Å². The molecule has 0 atom stereocenters. The maximum Gasteiger partial charge on any atom is 0.0300 e. The fraction of sp³-hybridized carbons (Fsp3) is 0.583. The Morgan fingerprint density at radius 3 is 2.46 bits per heavy atom. The van der Waals surface area contributed by atoms with E-state index < -0.39 is 0 Å². The molecule has 0 aliphatic carbocycles. The first-order chi connectivity index (χ1) is 6.20. The van der Waals surface area contributed by atoms with Gasteiger partial charge in [0.05, 0.1) is 0 Å². The maximum absolute atomic E-state index is 4.14. The normalized spacial score (nSPS) is 11.6. The van der Waals surface area contributed by atoms with E-state index in [2.05, 4.69) is 31.8 Å². The molecule has 0 saturated heterocycles. The topological polar surface area (TPSA) is 12.9 Å². The summed E-state index contributed by atoms with van der Waals surface area (Å²) in [4.78, 5) is 4.14. The second kappa shape index (κ2) is 4.40. The van der Waals surface area contributed by atoms with Crippen LogP contribution in [0.1, 0.15) is 39.2 Å². The molecule has 0 fully saturated rings. The fourth-order valence-electron chi connectivity index (χ4n) is 1.50. The van der Waals surface area contributed by atoms with Crippen molar-refractivity contribution in [3.8, 4) is 0 Å². The Hall–Kier alpha value is -0.850. The summed E-state index contributed by atoms with van der Waals surface area (Å²) in [5.41, 5.74) is 1.80. The molecule has 1 heteroatoms. The van der Waals surface area contributed by atoms with Crippen LogP contribution in [-0.4, -0.2) is 4.98 Å². The predicted molar refractivity (Wildman–Crippen MR) is 56.6 cm³/mol. The summed E-state index contributed by atoms with van der Waals surface area (Å²) in [6.45, 7) is 6.87. The third-order valence-electron chi connectivity index (χ3n) is 3.06. The molecular formula is C12H19N. The van der Waals surface area contributed by atoms with E-state index in [1.807, 2.05) is 18.5 Å². The minimum Gasteiger partial charge on any atom is -0.264 e. The summed E-state index contributed by atoms with van der Waals surface area (Å²) in [6, 6.07) is 4.18. The number of nitrogens with zero attached hydrogens (tertiary/aromatic N) is 1. The molecule has 0 unspecified atom stereocenters. The minimum atomic E-state index is 0.447. The van der Waals surface area contributed by atoms with Gasteiger partial charge in [0.1, 0.15) is 0 Å². The van der Waals surface area contributed by atoms with Crippen molar-refractivity contribution in [2.45, 2.75) is 40.0 Å². The van der Waals surface area contributed by atoms with Gasteiger partial charge in [-0.2, -0.15) is 0 Å². The van der Waals surface area contributed by atoms with Gasteiger partial charge in [-0.1, -0.05) is 39.7 Å². The molecule has 1 rings (SSSR count). The van der Waals surface area contributed by atoms with E-state index in [4.69, 9.17) is 0 Å². The Bertz CT molecular complexity index is 237. The van der Waals surface area contributed by atoms with Crippen LogP contribution in [0.3, 0.4) is 0 Å². The molecule has 0 bridgehead atoms. The Labute approximate surface area is 81.2 Å². The highest BCUT2D eigenvalue weighted by Gasteiger charge is 2.19. The first-order valence-electron chi connectivity index (χ1n) is 5.09. The molecule has 1 aromatic heterocycles. The molecule has 0 aliphatic rings. The highest BCUT2D eigenvalue weighted by Crippen LogP contribution is 2.29. The van der Waals surface area contributed by atoms with Crippen molar-refractivity contribution in [2.24, 2.45) is 5.41 Å². The van der Waals surface area contributed by atoms with Crippen LogP contribution >= 0.6 is 0 Å². The molecular weight excluding hydrogens is 158 g/mol. The molecule has 1 heterocycles. The average Bonchev–Trinajstić information content (AvgIpc) is 2.19. The average molecular weight is 177 g/mol. The Balaban J connectivity index is 2.68. The lowest BCUT2D eigenvalue weighted by molar-refractivity contribution is 0.295. The van der Waals surface area contributed by atoms with Crippen LogP contribution in [-0.2, 0) is 6.42 Å². The quantitative estimate of drug-likeness (QED) is 0.686. The van der Waals surface area contributed by atoms with E-state index in [-0.39, 0.29) is 0 Å². The van der Waals surface area contributed by atoms with Gasteiger partial charge in [-0.25, -0.2) is 0 Å². The fourth-order valence-corrected chi connectivity index (χ4v) is 1.50. The third-order valence-corrected chi connectivity index (χ3v) is 3.06. The van der Waals surface area contributed by atoms with Crippen LogP contribution in [0.15, 0.2) is 24.5 Å². The van der Waals surface area contributed by atoms with Crippen LogP contribution in [0.25, 0.3) is 0 Å². The zero-order chi connectivity index (χ0) is 9.73. The molecule has 0 aliphatic heterocycles. The highest BCUT2D eigenvalue weighted by atomic mass is 14.6. The van der Waals surface area contributed by atoms with Gasteiger partial charge in [0.2, 0.25) is 0 Å². The molecule has 0 radical (unpaired) electrons. The summed E-state index contributed by atoms with van der Waals surface area (Å²) in [5.74, 6) is 0. The number of hydrogen-bond donors (Lipinski definition) is 0. The van der Waals surface area contributed by atoms with E-state index in [0.717, 1.165) is 6.42 Å². The van der Waals surface area contributed by atoms with Crippen molar-refractivity contribution < 1.29 is 0 Å². The van der Waals surface area contributed by atoms with E-state index in [0.29, 0.717) is 5.41 Å². The third kappa shape index (κ3) is 2.83. The predicted octanol–water partition coefficient (Wildman–Crippen LogP) is 3.45. The first-order valence-corrected chi connectivity index (χ1v) is 5.09. The van der Waals surface area contributed by atoms with E-state index >= 15 is 0 Å². The van der Waals surface area contributed by atoms with Gasteiger partial charge < -0.3 is 0 Å². The summed E-state index contributed by atoms with van der Waals surface area (Å²) < 4.78 is 0.